The lowest BCUT2D eigenvalue weighted by Gasteiger charge is -2.13. The van der Waals surface area contributed by atoms with Crippen LogP contribution in [0.4, 0.5) is 13.2 Å². The number of halogens is 3. The molecule has 0 saturated heterocycles. The molecule has 0 bridgehead atoms. The summed E-state index contributed by atoms with van der Waals surface area (Å²) in [6.07, 6.45) is -3.65. The van der Waals surface area contributed by atoms with Crippen LogP contribution in [0, 0.1) is 0 Å². The molecule has 4 aromatic rings. The average Bonchev–Trinajstić information content (AvgIpc) is 3.24. The zero-order chi connectivity index (χ0) is 20.8. The van der Waals surface area contributed by atoms with Crippen LogP contribution in [0.1, 0.15) is 24.4 Å². The minimum absolute atomic E-state index is 0.121. The Morgan fingerprint density at radius 1 is 1.21 bits per heavy atom. The fourth-order valence-corrected chi connectivity index (χ4v) is 3.01. The van der Waals surface area contributed by atoms with Crippen LogP contribution in [0.3, 0.4) is 0 Å². The van der Waals surface area contributed by atoms with Crippen LogP contribution in [0.15, 0.2) is 51.8 Å². The SMILES string of the molecule is CC(C(=O)NCc1nnc2ccc(C(F)(F)F)cn12)n1c(=O)oc2ccccc21. The van der Waals surface area contributed by atoms with Crippen LogP contribution in [0.2, 0.25) is 0 Å². The van der Waals surface area contributed by atoms with Gasteiger partial charge in [-0.3, -0.25) is 13.8 Å². The zero-order valence-electron chi connectivity index (χ0n) is 15.0. The molecule has 3 heterocycles. The summed E-state index contributed by atoms with van der Waals surface area (Å²) in [6, 6.07) is 7.86. The van der Waals surface area contributed by atoms with Crippen LogP contribution >= 0.6 is 0 Å². The molecule has 0 fully saturated rings. The number of pyridine rings is 1. The van der Waals surface area contributed by atoms with Crippen molar-refractivity contribution >= 4 is 22.7 Å². The summed E-state index contributed by atoms with van der Waals surface area (Å²) in [5.74, 6) is -1.09. The van der Waals surface area contributed by atoms with Gasteiger partial charge in [0.25, 0.3) is 0 Å². The molecular formula is C18H14F3N5O3. The highest BCUT2D eigenvalue weighted by molar-refractivity contribution is 5.82. The lowest BCUT2D eigenvalue weighted by molar-refractivity contribution is -0.137. The Bertz CT molecular complexity index is 1270. The Kier molecular flexibility index (Phi) is 4.36. The first-order valence-electron chi connectivity index (χ1n) is 8.54. The number of fused-ring (bicyclic) bond motifs is 2. The van der Waals surface area contributed by atoms with Crippen molar-refractivity contribution < 1.29 is 22.4 Å². The lowest BCUT2D eigenvalue weighted by Crippen LogP contribution is -2.34. The minimum Gasteiger partial charge on any atom is -0.408 e. The Labute approximate surface area is 160 Å². The van der Waals surface area contributed by atoms with E-state index in [0.29, 0.717) is 11.1 Å². The van der Waals surface area contributed by atoms with Gasteiger partial charge < -0.3 is 9.73 Å². The molecule has 0 radical (unpaired) electrons. The number of benzene rings is 1. The number of rotatable bonds is 4. The van der Waals surface area contributed by atoms with E-state index in [1.54, 1.807) is 24.3 Å². The van der Waals surface area contributed by atoms with Crippen molar-refractivity contribution in [2.75, 3.05) is 0 Å². The average molecular weight is 405 g/mol. The second-order valence-electron chi connectivity index (χ2n) is 6.36. The van der Waals surface area contributed by atoms with Gasteiger partial charge in [0.1, 0.15) is 6.04 Å². The minimum atomic E-state index is -4.52. The molecule has 150 valence electrons. The molecule has 0 aliphatic heterocycles. The van der Waals surface area contributed by atoms with Crippen LogP contribution < -0.4 is 11.1 Å². The molecule has 11 heteroatoms. The van der Waals surface area contributed by atoms with Crippen molar-refractivity contribution in [3.05, 3.63) is 64.5 Å². The third-order valence-electron chi connectivity index (χ3n) is 4.51. The Hall–Kier alpha value is -3.63. The second-order valence-corrected chi connectivity index (χ2v) is 6.36. The van der Waals surface area contributed by atoms with Crippen LogP contribution in [0.5, 0.6) is 0 Å². The highest BCUT2D eigenvalue weighted by Gasteiger charge is 2.31. The normalized spacial score (nSPS) is 13.1. The van der Waals surface area contributed by atoms with Gasteiger partial charge in [-0.2, -0.15) is 13.2 Å². The number of oxazole rings is 1. The number of amides is 1. The second kappa shape index (κ2) is 6.76. The zero-order valence-corrected chi connectivity index (χ0v) is 15.0. The third kappa shape index (κ3) is 3.35. The Morgan fingerprint density at radius 2 is 1.97 bits per heavy atom. The summed E-state index contributed by atoms with van der Waals surface area (Å²) in [4.78, 5) is 24.7. The number of para-hydroxylation sites is 2. The largest absolute Gasteiger partial charge is 0.420 e. The smallest absolute Gasteiger partial charge is 0.408 e. The molecule has 0 aliphatic carbocycles. The summed E-state index contributed by atoms with van der Waals surface area (Å²) in [5, 5.41) is 10.2. The fourth-order valence-electron chi connectivity index (χ4n) is 3.01. The van der Waals surface area contributed by atoms with E-state index in [4.69, 9.17) is 4.42 Å². The van der Waals surface area contributed by atoms with Crippen molar-refractivity contribution in [1.82, 2.24) is 24.5 Å². The van der Waals surface area contributed by atoms with Gasteiger partial charge >= 0.3 is 11.9 Å². The van der Waals surface area contributed by atoms with E-state index in [2.05, 4.69) is 15.5 Å². The number of nitrogens with zero attached hydrogens (tertiary/aromatic N) is 4. The summed E-state index contributed by atoms with van der Waals surface area (Å²) in [5.41, 5.74) is 0.165. The molecule has 0 spiro atoms. The predicted molar refractivity (Wildman–Crippen MR) is 95.0 cm³/mol. The van der Waals surface area contributed by atoms with E-state index in [9.17, 15) is 22.8 Å². The van der Waals surface area contributed by atoms with E-state index in [1.807, 2.05) is 0 Å². The molecule has 0 aliphatic rings. The molecule has 4 rings (SSSR count). The van der Waals surface area contributed by atoms with E-state index in [0.717, 1.165) is 16.7 Å². The van der Waals surface area contributed by atoms with Crippen LogP contribution in [-0.2, 0) is 17.5 Å². The first-order valence-corrected chi connectivity index (χ1v) is 8.54. The van der Waals surface area contributed by atoms with Crippen molar-refractivity contribution in [2.45, 2.75) is 25.7 Å². The van der Waals surface area contributed by atoms with Crippen molar-refractivity contribution in [1.29, 1.82) is 0 Å². The molecular weight excluding hydrogens is 391 g/mol. The van der Waals surface area contributed by atoms with E-state index < -0.39 is 29.4 Å². The van der Waals surface area contributed by atoms with E-state index >= 15 is 0 Å². The van der Waals surface area contributed by atoms with Crippen LogP contribution in [0.25, 0.3) is 16.7 Å². The summed E-state index contributed by atoms with van der Waals surface area (Å²) >= 11 is 0. The van der Waals surface area contributed by atoms with Gasteiger partial charge in [-0.25, -0.2) is 4.79 Å². The molecule has 1 unspecified atom stereocenters. The Balaban J connectivity index is 1.56. The first kappa shape index (κ1) is 18.7. The fraction of sp³-hybridized carbons (Fsp3) is 0.222. The highest BCUT2D eigenvalue weighted by atomic mass is 19.4. The molecule has 1 N–H and O–H groups in total. The summed E-state index contributed by atoms with van der Waals surface area (Å²) in [6.45, 7) is 1.35. The van der Waals surface area contributed by atoms with Gasteiger partial charge in [-0.1, -0.05) is 12.1 Å². The summed E-state index contributed by atoms with van der Waals surface area (Å²) in [7, 11) is 0. The van der Waals surface area contributed by atoms with E-state index in [1.165, 1.54) is 17.6 Å². The maximum atomic E-state index is 12.9. The molecule has 3 aromatic heterocycles. The molecule has 1 atom stereocenters. The lowest BCUT2D eigenvalue weighted by atomic mass is 10.2. The maximum Gasteiger partial charge on any atom is 0.420 e. The van der Waals surface area contributed by atoms with Gasteiger partial charge in [0, 0.05) is 6.20 Å². The maximum absolute atomic E-state index is 12.9. The first-order chi connectivity index (χ1) is 13.8. The number of nitrogens with one attached hydrogen (secondary N) is 1. The topological polar surface area (TPSA) is 94.4 Å². The highest BCUT2D eigenvalue weighted by Crippen LogP contribution is 2.29. The summed E-state index contributed by atoms with van der Waals surface area (Å²) < 4.78 is 46.3. The Morgan fingerprint density at radius 3 is 2.72 bits per heavy atom. The van der Waals surface area contributed by atoms with Crippen molar-refractivity contribution in [2.24, 2.45) is 0 Å². The number of carbonyl (C=O) groups excluding carboxylic acids is 1. The molecule has 29 heavy (non-hydrogen) atoms. The van der Waals surface area contributed by atoms with Crippen molar-refractivity contribution in [3.8, 4) is 0 Å². The van der Waals surface area contributed by atoms with Gasteiger partial charge in [0.05, 0.1) is 17.6 Å². The van der Waals surface area contributed by atoms with E-state index in [-0.39, 0.29) is 18.0 Å². The van der Waals surface area contributed by atoms with Gasteiger partial charge in [-0.05, 0) is 31.2 Å². The quantitative estimate of drug-likeness (QED) is 0.563. The van der Waals surface area contributed by atoms with Crippen molar-refractivity contribution in [3.63, 3.8) is 0 Å². The van der Waals surface area contributed by atoms with Crippen LogP contribution in [-0.4, -0.2) is 25.1 Å². The molecule has 8 nitrogen and oxygen atoms in total. The third-order valence-corrected chi connectivity index (χ3v) is 4.51. The number of alkyl halides is 3. The number of aromatic nitrogens is 4. The standard InChI is InChI=1S/C18H14F3N5O3/c1-10(26-12-4-2-3-5-13(12)29-17(26)28)16(27)22-8-15-24-23-14-7-6-11(9-25(14)15)18(19,20)21/h2-7,9-10H,8H2,1H3,(H,22,27). The number of hydrogen-bond donors (Lipinski definition) is 1. The van der Waals surface area contributed by atoms with Gasteiger partial charge in [0.15, 0.2) is 17.1 Å². The monoisotopic (exact) mass is 405 g/mol. The predicted octanol–water partition coefficient (Wildman–Crippen LogP) is 2.53. The number of hydrogen-bond acceptors (Lipinski definition) is 5. The molecule has 0 saturated carbocycles. The van der Waals surface area contributed by atoms with Gasteiger partial charge in [0.2, 0.25) is 5.91 Å². The number of carbonyl (C=O) groups is 1. The molecule has 1 amide bonds. The molecule has 1 aromatic carbocycles. The van der Waals surface area contributed by atoms with Gasteiger partial charge in [-0.15, -0.1) is 10.2 Å².